The number of aliphatic hydroxyl groups excluding tert-OH is 6. The van der Waals surface area contributed by atoms with Crippen LogP contribution in [-0.2, 0) is 19.6 Å². The molecule has 174 valence electrons. The fraction of sp³-hybridized carbons (Fsp3) is 0.833. The lowest BCUT2D eigenvalue weighted by atomic mass is 9.92. The molecule has 1 rings (SSSR count). The van der Waals surface area contributed by atoms with Crippen LogP contribution in [0.1, 0.15) is 20.8 Å². The molecule has 0 saturated carbocycles. The molecule has 6 N–H and O–H groups in total. The number of nitrogens with zero attached hydrogens (tertiary/aromatic N) is 3. The molecule has 1 aromatic rings. The maximum Gasteiger partial charge on any atom is 0.336 e. The zero-order valence-corrected chi connectivity index (χ0v) is 17.6. The Kier molecular flexibility index (Phi) is 8.72. The molecule has 12 heteroatoms. The van der Waals surface area contributed by atoms with Crippen molar-refractivity contribution in [3.8, 4) is 0 Å². The van der Waals surface area contributed by atoms with Crippen molar-refractivity contribution < 1.29 is 30.6 Å². The minimum Gasteiger partial charge on any atom is -0.396 e. The van der Waals surface area contributed by atoms with Crippen molar-refractivity contribution >= 4 is 0 Å². The van der Waals surface area contributed by atoms with Gasteiger partial charge in [0.05, 0.1) is 39.6 Å². The van der Waals surface area contributed by atoms with Crippen LogP contribution in [0.15, 0.2) is 14.4 Å². The standard InChI is InChI=1S/C18H33N3O9/c1-16(7-22,8-23)4-19-13(28)20(5-17(2,9-24)10-25)15(30)21(14(19)29)6-18(3,11-26)12-27/h22-27H,4-12H2,1-3H3. The molecule has 12 nitrogen and oxygen atoms in total. The molecule has 0 saturated heterocycles. The summed E-state index contributed by atoms with van der Waals surface area (Å²) in [5.74, 6) is 0. The van der Waals surface area contributed by atoms with Crippen molar-refractivity contribution in [2.75, 3.05) is 39.6 Å². The van der Waals surface area contributed by atoms with Crippen LogP contribution in [-0.4, -0.2) is 84.0 Å². The second-order valence-electron chi connectivity index (χ2n) is 8.99. The van der Waals surface area contributed by atoms with E-state index in [2.05, 4.69) is 0 Å². The van der Waals surface area contributed by atoms with Crippen molar-refractivity contribution in [2.45, 2.75) is 40.4 Å². The predicted molar refractivity (Wildman–Crippen MR) is 106 cm³/mol. The maximum absolute atomic E-state index is 13.0. The summed E-state index contributed by atoms with van der Waals surface area (Å²) in [5, 5.41) is 57.4. The first-order valence-electron chi connectivity index (χ1n) is 9.48. The van der Waals surface area contributed by atoms with Gasteiger partial charge in [0.25, 0.3) is 0 Å². The topological polar surface area (TPSA) is 187 Å². The van der Waals surface area contributed by atoms with Gasteiger partial charge in [0.15, 0.2) is 0 Å². The van der Waals surface area contributed by atoms with E-state index in [4.69, 9.17) is 0 Å². The molecule has 1 heterocycles. The molecule has 0 bridgehead atoms. The van der Waals surface area contributed by atoms with Gasteiger partial charge in [-0.15, -0.1) is 0 Å². The van der Waals surface area contributed by atoms with Gasteiger partial charge in [-0.2, -0.15) is 0 Å². The van der Waals surface area contributed by atoms with E-state index in [1.165, 1.54) is 20.8 Å². The molecule has 0 fully saturated rings. The van der Waals surface area contributed by atoms with Crippen molar-refractivity contribution in [3.63, 3.8) is 0 Å². The van der Waals surface area contributed by atoms with Crippen LogP contribution in [0.4, 0.5) is 0 Å². The highest BCUT2D eigenvalue weighted by Gasteiger charge is 2.32. The van der Waals surface area contributed by atoms with Gasteiger partial charge in [-0.1, -0.05) is 20.8 Å². The van der Waals surface area contributed by atoms with Crippen LogP contribution in [0, 0.1) is 16.2 Å². The zero-order chi connectivity index (χ0) is 23.3. The summed E-state index contributed by atoms with van der Waals surface area (Å²) in [7, 11) is 0. The smallest absolute Gasteiger partial charge is 0.336 e. The normalized spacial score (nSPS) is 13.1. The molecular weight excluding hydrogens is 402 g/mol. The highest BCUT2D eigenvalue weighted by Crippen LogP contribution is 2.18. The summed E-state index contributed by atoms with van der Waals surface area (Å²) in [4.78, 5) is 38.9. The molecule has 0 radical (unpaired) electrons. The van der Waals surface area contributed by atoms with E-state index in [0.717, 1.165) is 0 Å². The Morgan fingerprint density at radius 1 is 0.500 bits per heavy atom. The summed E-state index contributed by atoms with van der Waals surface area (Å²) < 4.78 is 2.04. The highest BCUT2D eigenvalue weighted by atomic mass is 16.3. The van der Waals surface area contributed by atoms with Gasteiger partial charge in [-0.25, -0.2) is 28.1 Å². The molecule has 0 amide bonds. The molecule has 0 aliphatic carbocycles. The number of aromatic nitrogens is 3. The molecule has 0 aromatic carbocycles. The summed E-state index contributed by atoms with van der Waals surface area (Å²) in [6.45, 7) is -0.230. The Morgan fingerprint density at radius 2 is 0.667 bits per heavy atom. The quantitative estimate of drug-likeness (QED) is 0.191. The number of hydrogen-bond acceptors (Lipinski definition) is 9. The molecule has 0 atom stereocenters. The lowest BCUT2D eigenvalue weighted by molar-refractivity contribution is 0.0387. The summed E-state index contributed by atoms with van der Waals surface area (Å²) >= 11 is 0. The van der Waals surface area contributed by atoms with Crippen LogP contribution in [0.3, 0.4) is 0 Å². The third-order valence-electron chi connectivity index (χ3n) is 5.30. The van der Waals surface area contributed by atoms with Crippen LogP contribution < -0.4 is 17.1 Å². The predicted octanol–water partition coefficient (Wildman–Crippen LogP) is -3.86. The van der Waals surface area contributed by atoms with Crippen LogP contribution >= 0.6 is 0 Å². The van der Waals surface area contributed by atoms with Gasteiger partial charge < -0.3 is 30.6 Å². The maximum atomic E-state index is 13.0. The van der Waals surface area contributed by atoms with Gasteiger partial charge in [-0.3, -0.25) is 0 Å². The summed E-state index contributed by atoms with van der Waals surface area (Å²) in [5.41, 5.74) is -6.85. The monoisotopic (exact) mass is 435 g/mol. The van der Waals surface area contributed by atoms with Crippen molar-refractivity contribution in [3.05, 3.63) is 31.5 Å². The number of aliphatic hydroxyl groups is 6. The zero-order valence-electron chi connectivity index (χ0n) is 17.6. The molecular formula is C18H33N3O9. The molecule has 0 unspecified atom stereocenters. The Balaban J connectivity index is 3.83. The first-order valence-corrected chi connectivity index (χ1v) is 9.48. The Hall–Kier alpha value is -1.83. The van der Waals surface area contributed by atoms with Crippen molar-refractivity contribution in [1.82, 2.24) is 13.7 Å². The molecule has 30 heavy (non-hydrogen) atoms. The van der Waals surface area contributed by atoms with E-state index in [9.17, 15) is 45.0 Å². The highest BCUT2D eigenvalue weighted by molar-refractivity contribution is 4.87. The van der Waals surface area contributed by atoms with Gasteiger partial charge in [0.1, 0.15) is 0 Å². The van der Waals surface area contributed by atoms with Crippen LogP contribution in [0.2, 0.25) is 0 Å². The van der Waals surface area contributed by atoms with E-state index in [1.54, 1.807) is 0 Å². The second kappa shape index (κ2) is 9.98. The Labute approximate surface area is 172 Å². The van der Waals surface area contributed by atoms with Crippen LogP contribution in [0.5, 0.6) is 0 Å². The molecule has 0 aliphatic rings. The van der Waals surface area contributed by atoms with Gasteiger partial charge in [0, 0.05) is 35.9 Å². The average Bonchev–Trinajstić information content (AvgIpc) is 2.76. The van der Waals surface area contributed by atoms with E-state index in [-0.39, 0.29) is 0 Å². The Morgan fingerprint density at radius 3 is 0.800 bits per heavy atom. The van der Waals surface area contributed by atoms with E-state index in [1.807, 2.05) is 0 Å². The molecule has 0 aliphatic heterocycles. The minimum absolute atomic E-state index is 0.415. The van der Waals surface area contributed by atoms with Crippen molar-refractivity contribution in [2.24, 2.45) is 16.2 Å². The third-order valence-corrected chi connectivity index (χ3v) is 5.30. The molecule has 0 spiro atoms. The summed E-state index contributed by atoms with van der Waals surface area (Å²) in [6.07, 6.45) is 0. The van der Waals surface area contributed by atoms with Gasteiger partial charge >= 0.3 is 17.1 Å². The molecule has 1 aromatic heterocycles. The van der Waals surface area contributed by atoms with E-state index in [0.29, 0.717) is 13.7 Å². The largest absolute Gasteiger partial charge is 0.396 e. The first kappa shape index (κ1) is 26.2. The van der Waals surface area contributed by atoms with E-state index < -0.39 is 92.6 Å². The summed E-state index contributed by atoms with van der Waals surface area (Å²) in [6, 6.07) is 0. The third kappa shape index (κ3) is 5.45. The lowest BCUT2D eigenvalue weighted by Crippen LogP contribution is -2.59. The average molecular weight is 435 g/mol. The van der Waals surface area contributed by atoms with Crippen LogP contribution in [0.25, 0.3) is 0 Å². The lowest BCUT2D eigenvalue weighted by Gasteiger charge is -2.30. The SMILES string of the molecule is CC(CO)(CO)Cn1c(=O)n(CC(C)(CO)CO)c(=O)n(CC(C)(CO)CO)c1=O. The number of hydrogen-bond donors (Lipinski definition) is 6. The minimum atomic E-state index is -1.25. The fourth-order valence-electron chi connectivity index (χ4n) is 2.68. The fourth-order valence-corrected chi connectivity index (χ4v) is 2.68. The van der Waals surface area contributed by atoms with E-state index >= 15 is 0 Å². The second-order valence-corrected chi connectivity index (χ2v) is 8.99. The van der Waals surface area contributed by atoms with Crippen molar-refractivity contribution in [1.29, 1.82) is 0 Å². The first-order chi connectivity index (χ1) is 13.9. The number of rotatable bonds is 12. The van der Waals surface area contributed by atoms with Gasteiger partial charge in [-0.05, 0) is 0 Å². The van der Waals surface area contributed by atoms with Gasteiger partial charge in [0.2, 0.25) is 0 Å². The Bertz CT molecular complexity index is 730.